The van der Waals surface area contributed by atoms with Crippen LogP contribution in [0.2, 0.25) is 0 Å². The Bertz CT molecular complexity index is 43.4. The van der Waals surface area contributed by atoms with Crippen molar-refractivity contribution in [2.75, 3.05) is 26.8 Å². The van der Waals surface area contributed by atoms with E-state index in [0.717, 1.165) is 19.8 Å². The Labute approximate surface area is 85.1 Å². The van der Waals surface area contributed by atoms with Gasteiger partial charge < -0.3 is 10.1 Å². The summed E-state index contributed by atoms with van der Waals surface area (Å²) in [5, 5.41) is 3.02. The SMILES string of the molecule is CC.CC.CCCCOCCNC. The first kappa shape index (κ1) is 18.7. The molecule has 0 aliphatic heterocycles. The lowest BCUT2D eigenvalue weighted by Gasteiger charge is -2.00. The molecular weight excluding hydrogens is 162 g/mol. The summed E-state index contributed by atoms with van der Waals surface area (Å²) in [5.41, 5.74) is 0. The fourth-order valence-corrected chi connectivity index (χ4v) is 0.523. The maximum Gasteiger partial charge on any atom is 0.0590 e. The fraction of sp³-hybridized carbons (Fsp3) is 1.00. The minimum Gasteiger partial charge on any atom is -0.380 e. The largest absolute Gasteiger partial charge is 0.380 e. The zero-order valence-corrected chi connectivity index (χ0v) is 10.4. The number of unbranched alkanes of at least 4 members (excludes halogenated alkanes) is 1. The second-order valence-corrected chi connectivity index (χ2v) is 2.07. The van der Waals surface area contributed by atoms with Crippen molar-refractivity contribution >= 4 is 0 Å². The fourth-order valence-electron chi connectivity index (χ4n) is 0.523. The third-order valence-corrected chi connectivity index (χ3v) is 1.14. The summed E-state index contributed by atoms with van der Waals surface area (Å²) in [7, 11) is 1.93. The van der Waals surface area contributed by atoms with Gasteiger partial charge in [-0.3, -0.25) is 0 Å². The molecule has 0 amide bonds. The van der Waals surface area contributed by atoms with Gasteiger partial charge in [-0.25, -0.2) is 0 Å². The summed E-state index contributed by atoms with van der Waals surface area (Å²) in [6.07, 6.45) is 2.41. The predicted octanol–water partition coefficient (Wildman–Crippen LogP) is 3.07. The van der Waals surface area contributed by atoms with Gasteiger partial charge in [-0.05, 0) is 13.5 Å². The molecule has 0 aromatic carbocycles. The van der Waals surface area contributed by atoms with Gasteiger partial charge >= 0.3 is 0 Å². The summed E-state index contributed by atoms with van der Waals surface area (Å²) < 4.78 is 5.25. The van der Waals surface area contributed by atoms with Crippen LogP contribution < -0.4 is 5.32 Å². The van der Waals surface area contributed by atoms with Crippen LogP contribution in [0.3, 0.4) is 0 Å². The summed E-state index contributed by atoms with van der Waals surface area (Å²) >= 11 is 0. The number of hydrogen-bond acceptors (Lipinski definition) is 2. The van der Waals surface area contributed by atoms with Crippen LogP contribution in [-0.4, -0.2) is 26.8 Å². The van der Waals surface area contributed by atoms with Gasteiger partial charge in [0.1, 0.15) is 0 Å². The lowest BCUT2D eigenvalue weighted by molar-refractivity contribution is 0.134. The van der Waals surface area contributed by atoms with E-state index >= 15 is 0 Å². The molecule has 0 fully saturated rings. The van der Waals surface area contributed by atoms with E-state index in [1.165, 1.54) is 12.8 Å². The minimum absolute atomic E-state index is 0.844. The van der Waals surface area contributed by atoms with Gasteiger partial charge in [0.05, 0.1) is 6.61 Å². The molecule has 0 aromatic heterocycles. The highest BCUT2D eigenvalue weighted by molar-refractivity contribution is 4.36. The zero-order chi connectivity index (χ0) is 10.9. The molecular formula is C11H29NO. The smallest absolute Gasteiger partial charge is 0.0590 e. The van der Waals surface area contributed by atoms with Crippen molar-refractivity contribution in [3.05, 3.63) is 0 Å². The van der Waals surface area contributed by atoms with Crippen molar-refractivity contribution in [1.29, 1.82) is 0 Å². The monoisotopic (exact) mass is 191 g/mol. The second-order valence-electron chi connectivity index (χ2n) is 2.07. The number of nitrogens with one attached hydrogen (secondary N) is 1. The molecule has 0 unspecified atom stereocenters. The summed E-state index contributed by atoms with van der Waals surface area (Å²) in [6, 6.07) is 0. The van der Waals surface area contributed by atoms with Crippen LogP contribution in [-0.2, 0) is 4.74 Å². The molecule has 0 aromatic rings. The second kappa shape index (κ2) is 29.7. The van der Waals surface area contributed by atoms with Crippen molar-refractivity contribution < 1.29 is 4.74 Å². The molecule has 84 valence electrons. The summed E-state index contributed by atoms with van der Waals surface area (Å²) in [5.74, 6) is 0. The molecule has 0 bridgehead atoms. The van der Waals surface area contributed by atoms with E-state index in [4.69, 9.17) is 4.74 Å². The van der Waals surface area contributed by atoms with Gasteiger partial charge in [0, 0.05) is 13.2 Å². The van der Waals surface area contributed by atoms with E-state index in [9.17, 15) is 0 Å². The van der Waals surface area contributed by atoms with Crippen molar-refractivity contribution in [3.63, 3.8) is 0 Å². The third kappa shape index (κ3) is 33.5. The van der Waals surface area contributed by atoms with E-state index < -0.39 is 0 Å². The minimum atomic E-state index is 0.844. The topological polar surface area (TPSA) is 21.3 Å². The van der Waals surface area contributed by atoms with E-state index in [1.807, 2.05) is 34.7 Å². The summed E-state index contributed by atoms with van der Waals surface area (Å²) in [4.78, 5) is 0. The van der Waals surface area contributed by atoms with Crippen molar-refractivity contribution in [1.82, 2.24) is 5.32 Å². The van der Waals surface area contributed by atoms with E-state index in [1.54, 1.807) is 0 Å². The van der Waals surface area contributed by atoms with E-state index in [2.05, 4.69) is 12.2 Å². The highest BCUT2D eigenvalue weighted by Gasteiger charge is 1.83. The lowest BCUT2D eigenvalue weighted by Crippen LogP contribution is -2.14. The molecule has 0 spiro atoms. The van der Waals surface area contributed by atoms with Crippen LogP contribution >= 0.6 is 0 Å². The lowest BCUT2D eigenvalue weighted by atomic mass is 10.4. The Kier molecular flexibility index (Phi) is 42.6. The number of rotatable bonds is 6. The molecule has 2 heteroatoms. The molecule has 0 aliphatic carbocycles. The Balaban J connectivity index is -0.000000218. The average Bonchev–Trinajstić information content (AvgIpc) is 2.24. The van der Waals surface area contributed by atoms with E-state index in [-0.39, 0.29) is 0 Å². The Morgan fingerprint density at radius 3 is 1.92 bits per heavy atom. The highest BCUT2D eigenvalue weighted by Crippen LogP contribution is 1.85. The van der Waals surface area contributed by atoms with Gasteiger partial charge in [0.15, 0.2) is 0 Å². The number of hydrogen-bond donors (Lipinski definition) is 1. The van der Waals surface area contributed by atoms with Gasteiger partial charge in [-0.2, -0.15) is 0 Å². The molecule has 0 heterocycles. The van der Waals surface area contributed by atoms with Crippen LogP contribution in [0, 0.1) is 0 Å². The highest BCUT2D eigenvalue weighted by atomic mass is 16.5. The maximum atomic E-state index is 5.25. The van der Waals surface area contributed by atoms with Crippen LogP contribution in [0.5, 0.6) is 0 Å². The van der Waals surface area contributed by atoms with Crippen LogP contribution in [0.1, 0.15) is 47.5 Å². The molecule has 0 saturated heterocycles. The van der Waals surface area contributed by atoms with Crippen LogP contribution in [0.25, 0.3) is 0 Å². The molecule has 0 aliphatic rings. The molecule has 1 N–H and O–H groups in total. The first-order valence-corrected chi connectivity index (χ1v) is 5.64. The van der Waals surface area contributed by atoms with Gasteiger partial charge in [0.2, 0.25) is 0 Å². The maximum absolute atomic E-state index is 5.25. The van der Waals surface area contributed by atoms with Crippen molar-refractivity contribution in [2.24, 2.45) is 0 Å². The summed E-state index contributed by atoms with van der Waals surface area (Å²) in [6.45, 7) is 12.9. The quantitative estimate of drug-likeness (QED) is 0.651. The van der Waals surface area contributed by atoms with Gasteiger partial charge in [-0.1, -0.05) is 41.0 Å². The average molecular weight is 191 g/mol. The Morgan fingerprint density at radius 1 is 1.00 bits per heavy atom. The normalized spacial score (nSPS) is 7.85. The first-order valence-electron chi connectivity index (χ1n) is 5.64. The third-order valence-electron chi connectivity index (χ3n) is 1.14. The molecule has 0 rings (SSSR count). The van der Waals surface area contributed by atoms with Gasteiger partial charge in [-0.15, -0.1) is 0 Å². The standard InChI is InChI=1S/C7H17NO.2C2H6/c1-3-4-6-9-7-5-8-2;2*1-2/h8H,3-7H2,1-2H3;2*1-2H3. The van der Waals surface area contributed by atoms with Crippen LogP contribution in [0.4, 0.5) is 0 Å². The Morgan fingerprint density at radius 2 is 1.54 bits per heavy atom. The zero-order valence-electron chi connectivity index (χ0n) is 10.4. The van der Waals surface area contributed by atoms with Crippen molar-refractivity contribution in [2.45, 2.75) is 47.5 Å². The first-order chi connectivity index (χ1) is 6.41. The Hall–Kier alpha value is -0.0800. The number of likely N-dealkylation sites (N-methyl/N-ethyl adjacent to an activating group) is 1. The molecule has 0 atom stereocenters. The predicted molar refractivity (Wildman–Crippen MR) is 62.3 cm³/mol. The molecule has 0 saturated carbocycles. The molecule has 2 nitrogen and oxygen atoms in total. The molecule has 0 radical (unpaired) electrons. The van der Waals surface area contributed by atoms with E-state index in [0.29, 0.717) is 0 Å². The van der Waals surface area contributed by atoms with Crippen molar-refractivity contribution in [3.8, 4) is 0 Å². The van der Waals surface area contributed by atoms with Gasteiger partial charge in [0.25, 0.3) is 0 Å². The number of ether oxygens (including phenoxy) is 1. The molecule has 13 heavy (non-hydrogen) atoms. The van der Waals surface area contributed by atoms with Crippen LogP contribution in [0.15, 0.2) is 0 Å².